The van der Waals surface area contributed by atoms with Crippen LogP contribution in [-0.4, -0.2) is 47.0 Å². The summed E-state index contributed by atoms with van der Waals surface area (Å²) in [5, 5.41) is 11.4. The Kier molecular flexibility index (Phi) is 5.67. The SMILES string of the molecule is CC1CN(OC(=O)Nc2n[nH]c3ccccc23)CCN1c1ccc(Cl)c(C(F)(F)F)c1. The van der Waals surface area contributed by atoms with Gasteiger partial charge in [-0.15, -0.1) is 5.06 Å². The second-order valence-electron chi connectivity index (χ2n) is 7.21. The monoisotopic (exact) mass is 453 g/mol. The second kappa shape index (κ2) is 8.27. The van der Waals surface area contributed by atoms with Crippen LogP contribution in [0.2, 0.25) is 5.02 Å². The van der Waals surface area contributed by atoms with E-state index in [4.69, 9.17) is 16.4 Å². The van der Waals surface area contributed by atoms with E-state index >= 15 is 0 Å². The number of carbonyl (C=O) groups is 1. The summed E-state index contributed by atoms with van der Waals surface area (Å²) in [6, 6.07) is 11.0. The van der Waals surface area contributed by atoms with Crippen molar-refractivity contribution < 1.29 is 22.8 Å². The average Bonchev–Trinajstić information content (AvgIpc) is 3.11. The van der Waals surface area contributed by atoms with Gasteiger partial charge in [-0.25, -0.2) is 4.79 Å². The zero-order chi connectivity index (χ0) is 22.2. The number of H-pyrrole nitrogens is 1. The topological polar surface area (TPSA) is 73.5 Å². The molecule has 1 atom stereocenters. The Hall–Kier alpha value is -2.98. The molecule has 0 bridgehead atoms. The molecule has 1 aromatic heterocycles. The lowest BCUT2D eigenvalue weighted by Gasteiger charge is -2.40. The van der Waals surface area contributed by atoms with Crippen molar-refractivity contribution in [3.63, 3.8) is 0 Å². The highest BCUT2D eigenvalue weighted by atomic mass is 35.5. The minimum absolute atomic E-state index is 0.199. The van der Waals surface area contributed by atoms with Crippen molar-refractivity contribution in [3.8, 4) is 0 Å². The van der Waals surface area contributed by atoms with Gasteiger partial charge in [0.15, 0.2) is 5.82 Å². The highest BCUT2D eigenvalue weighted by Crippen LogP contribution is 2.37. The number of rotatable bonds is 3. The van der Waals surface area contributed by atoms with Gasteiger partial charge in [-0.3, -0.25) is 10.4 Å². The molecule has 1 aliphatic rings. The number of halogens is 4. The summed E-state index contributed by atoms with van der Waals surface area (Å²) < 4.78 is 39.5. The van der Waals surface area contributed by atoms with E-state index in [0.29, 0.717) is 31.1 Å². The van der Waals surface area contributed by atoms with Crippen molar-refractivity contribution in [1.29, 1.82) is 0 Å². The lowest BCUT2D eigenvalue weighted by Crippen LogP contribution is -2.52. The molecule has 0 saturated carbocycles. The van der Waals surface area contributed by atoms with Crippen LogP contribution in [0.15, 0.2) is 42.5 Å². The number of carbonyl (C=O) groups excluding carboxylic acids is 1. The fourth-order valence-corrected chi connectivity index (χ4v) is 3.82. The molecular formula is C20H19ClF3N5O2. The number of benzene rings is 2. The van der Waals surface area contributed by atoms with Crippen molar-refractivity contribution in [2.45, 2.75) is 19.1 Å². The second-order valence-corrected chi connectivity index (χ2v) is 7.62. The summed E-state index contributed by atoms with van der Waals surface area (Å²) in [5.74, 6) is 0.355. The van der Waals surface area contributed by atoms with E-state index in [2.05, 4.69) is 15.5 Å². The molecule has 0 spiro atoms. The van der Waals surface area contributed by atoms with Gasteiger partial charge >= 0.3 is 12.3 Å². The maximum absolute atomic E-state index is 13.2. The first-order chi connectivity index (χ1) is 14.7. The lowest BCUT2D eigenvalue weighted by molar-refractivity contribution is -0.137. The predicted octanol–water partition coefficient (Wildman–Crippen LogP) is 4.91. The van der Waals surface area contributed by atoms with Gasteiger partial charge in [0.2, 0.25) is 0 Å². The maximum atomic E-state index is 13.2. The van der Waals surface area contributed by atoms with Crippen molar-refractivity contribution in [2.75, 3.05) is 29.9 Å². The number of aromatic nitrogens is 2. The number of nitrogens with zero attached hydrogens (tertiary/aromatic N) is 3. The zero-order valence-corrected chi connectivity index (χ0v) is 17.2. The van der Waals surface area contributed by atoms with Crippen molar-refractivity contribution in [3.05, 3.63) is 53.1 Å². The van der Waals surface area contributed by atoms with Gasteiger partial charge in [0.1, 0.15) is 0 Å². The number of hydrogen-bond acceptors (Lipinski definition) is 5. The highest BCUT2D eigenvalue weighted by molar-refractivity contribution is 6.31. The summed E-state index contributed by atoms with van der Waals surface area (Å²) in [6.45, 7) is 2.86. The van der Waals surface area contributed by atoms with Gasteiger partial charge in [0.25, 0.3) is 0 Å². The van der Waals surface area contributed by atoms with Crippen LogP contribution in [-0.2, 0) is 11.0 Å². The largest absolute Gasteiger partial charge is 0.432 e. The van der Waals surface area contributed by atoms with E-state index in [0.717, 1.165) is 17.0 Å². The number of hydroxylamine groups is 2. The summed E-state index contributed by atoms with van der Waals surface area (Å²) in [7, 11) is 0. The van der Waals surface area contributed by atoms with Crippen LogP contribution in [0.5, 0.6) is 0 Å². The van der Waals surface area contributed by atoms with Crippen molar-refractivity contribution >= 4 is 40.1 Å². The maximum Gasteiger partial charge on any atom is 0.432 e. The minimum atomic E-state index is -4.53. The Morgan fingerprint density at radius 2 is 2.03 bits per heavy atom. The van der Waals surface area contributed by atoms with Gasteiger partial charge in [0, 0.05) is 23.7 Å². The van der Waals surface area contributed by atoms with E-state index in [1.807, 2.05) is 36.1 Å². The first-order valence-corrected chi connectivity index (χ1v) is 9.90. The Morgan fingerprint density at radius 1 is 1.26 bits per heavy atom. The number of nitrogens with one attached hydrogen (secondary N) is 2. The molecule has 1 fully saturated rings. The Bertz CT molecular complexity index is 1100. The van der Waals surface area contributed by atoms with Crippen LogP contribution in [0.25, 0.3) is 10.9 Å². The number of hydrogen-bond donors (Lipinski definition) is 2. The van der Waals surface area contributed by atoms with Crippen LogP contribution in [0.3, 0.4) is 0 Å². The fraction of sp³-hybridized carbons (Fsp3) is 0.300. The number of amides is 1. The predicted molar refractivity (Wildman–Crippen MR) is 111 cm³/mol. The van der Waals surface area contributed by atoms with Crippen molar-refractivity contribution in [2.24, 2.45) is 0 Å². The third kappa shape index (κ3) is 4.54. The molecule has 1 saturated heterocycles. The van der Waals surface area contributed by atoms with E-state index in [1.54, 1.807) is 6.07 Å². The number of fused-ring (bicyclic) bond motifs is 1. The zero-order valence-electron chi connectivity index (χ0n) is 16.4. The third-order valence-electron chi connectivity index (χ3n) is 5.08. The molecule has 2 heterocycles. The summed E-state index contributed by atoms with van der Waals surface area (Å²) in [4.78, 5) is 19.5. The van der Waals surface area contributed by atoms with E-state index < -0.39 is 17.8 Å². The third-order valence-corrected chi connectivity index (χ3v) is 5.41. The van der Waals surface area contributed by atoms with Gasteiger partial charge in [-0.05, 0) is 37.3 Å². The summed E-state index contributed by atoms with van der Waals surface area (Å²) in [5.41, 5.74) is 0.320. The molecule has 2 aromatic carbocycles. The first-order valence-electron chi connectivity index (χ1n) is 9.53. The smallest absolute Gasteiger partial charge is 0.366 e. The molecule has 0 aliphatic carbocycles. The van der Waals surface area contributed by atoms with E-state index in [1.165, 1.54) is 11.1 Å². The van der Waals surface area contributed by atoms with E-state index in [9.17, 15) is 18.0 Å². The Balaban J connectivity index is 1.39. The number of alkyl halides is 3. The molecule has 2 N–H and O–H groups in total. The molecular weight excluding hydrogens is 435 g/mol. The average molecular weight is 454 g/mol. The summed E-state index contributed by atoms with van der Waals surface area (Å²) in [6.07, 6.45) is -5.22. The number of anilines is 2. The lowest BCUT2D eigenvalue weighted by atomic mass is 10.1. The minimum Gasteiger partial charge on any atom is -0.366 e. The molecule has 164 valence electrons. The molecule has 4 rings (SSSR count). The van der Waals surface area contributed by atoms with Crippen LogP contribution in [0, 0.1) is 0 Å². The standard InChI is InChI=1S/C20H19ClF3N5O2/c1-12-11-28(31-19(30)25-18-14-4-2-3-5-17(14)26-27-18)8-9-29(12)13-6-7-16(21)15(10-13)20(22,23)24/h2-7,10,12H,8-9,11H2,1H3,(H2,25,26,27,30). The van der Waals surface area contributed by atoms with Crippen LogP contribution in [0.1, 0.15) is 12.5 Å². The number of aromatic amines is 1. The number of piperazine rings is 1. The highest BCUT2D eigenvalue weighted by Gasteiger charge is 2.35. The quantitative estimate of drug-likeness (QED) is 0.589. The number of para-hydroxylation sites is 1. The summed E-state index contributed by atoms with van der Waals surface area (Å²) >= 11 is 5.71. The van der Waals surface area contributed by atoms with Gasteiger partial charge in [-0.2, -0.15) is 18.3 Å². The molecule has 3 aromatic rings. The fourth-order valence-electron chi connectivity index (χ4n) is 3.60. The van der Waals surface area contributed by atoms with E-state index in [-0.39, 0.29) is 11.1 Å². The molecule has 1 aliphatic heterocycles. The van der Waals surface area contributed by atoms with Crippen LogP contribution >= 0.6 is 11.6 Å². The van der Waals surface area contributed by atoms with Gasteiger partial charge in [0.05, 0.1) is 29.2 Å². The normalized spacial score (nSPS) is 17.7. The molecule has 1 amide bonds. The van der Waals surface area contributed by atoms with Gasteiger partial charge < -0.3 is 9.74 Å². The Labute approximate surface area is 180 Å². The molecule has 0 radical (unpaired) electrons. The molecule has 1 unspecified atom stereocenters. The van der Waals surface area contributed by atoms with Gasteiger partial charge in [-0.1, -0.05) is 23.7 Å². The molecule has 11 heteroatoms. The molecule has 7 nitrogen and oxygen atoms in total. The van der Waals surface area contributed by atoms with Crippen LogP contribution < -0.4 is 10.2 Å². The first kappa shape index (κ1) is 21.3. The van der Waals surface area contributed by atoms with Crippen LogP contribution in [0.4, 0.5) is 29.5 Å². The Morgan fingerprint density at radius 3 is 2.77 bits per heavy atom. The molecule has 31 heavy (non-hydrogen) atoms. The van der Waals surface area contributed by atoms with Crippen molar-refractivity contribution in [1.82, 2.24) is 15.3 Å².